The third-order valence-corrected chi connectivity index (χ3v) is 7.49. The topological polar surface area (TPSA) is 37.3 Å². The van der Waals surface area contributed by atoms with E-state index in [2.05, 4.69) is 19.9 Å². The van der Waals surface area contributed by atoms with Crippen LogP contribution in [0.2, 0.25) is 0 Å². The normalized spacial score (nSPS) is 52.1. The molecule has 3 fully saturated rings. The van der Waals surface area contributed by atoms with E-state index >= 15 is 0 Å². The predicted molar refractivity (Wildman–Crippen MR) is 82.5 cm³/mol. The molecule has 0 heterocycles. The molecule has 1 N–H and O–H groups in total. The van der Waals surface area contributed by atoms with Crippen LogP contribution in [0.25, 0.3) is 0 Å². The lowest BCUT2D eigenvalue weighted by Gasteiger charge is -2.59. The highest BCUT2D eigenvalue weighted by Crippen LogP contribution is 2.61. The molecule has 0 radical (unpaired) electrons. The zero-order chi connectivity index (χ0) is 14.7. The highest BCUT2D eigenvalue weighted by molar-refractivity contribution is 5.82. The van der Waals surface area contributed by atoms with Gasteiger partial charge in [0.05, 0.1) is 0 Å². The van der Waals surface area contributed by atoms with Crippen LogP contribution in [0.1, 0.15) is 46.0 Å². The van der Waals surface area contributed by atoms with Crippen molar-refractivity contribution in [3.63, 3.8) is 0 Å². The van der Waals surface area contributed by atoms with Gasteiger partial charge in [-0.05, 0) is 68.1 Å². The van der Waals surface area contributed by atoms with Crippen molar-refractivity contribution in [2.75, 3.05) is 6.61 Å². The van der Waals surface area contributed by atoms with Crippen molar-refractivity contribution in [2.24, 2.45) is 47.3 Å². The molecule has 0 aromatic heterocycles. The largest absolute Gasteiger partial charge is 0.396 e. The Morgan fingerprint density at radius 1 is 1.19 bits per heavy atom. The summed E-state index contributed by atoms with van der Waals surface area (Å²) in [5, 5.41) is 9.86. The van der Waals surface area contributed by atoms with E-state index in [1.165, 1.54) is 12.0 Å². The van der Waals surface area contributed by atoms with Gasteiger partial charge in [-0.15, -0.1) is 0 Å². The Labute approximate surface area is 128 Å². The summed E-state index contributed by atoms with van der Waals surface area (Å²) in [6, 6.07) is 0. The number of aliphatic hydroxyl groups is 1. The Bertz CT molecular complexity index is 480. The fourth-order valence-electron chi connectivity index (χ4n) is 6.71. The Hall–Kier alpha value is -0.630. The summed E-state index contributed by atoms with van der Waals surface area (Å²) in [4.78, 5) is 12.4. The van der Waals surface area contributed by atoms with Crippen molar-refractivity contribution < 1.29 is 9.90 Å². The van der Waals surface area contributed by atoms with Gasteiger partial charge >= 0.3 is 0 Å². The molecule has 0 saturated heterocycles. The zero-order valence-corrected chi connectivity index (χ0v) is 13.3. The maximum atomic E-state index is 12.4. The molecule has 4 rings (SSSR count). The van der Waals surface area contributed by atoms with Crippen LogP contribution in [0.15, 0.2) is 11.6 Å². The van der Waals surface area contributed by atoms with Crippen molar-refractivity contribution in [1.82, 2.24) is 0 Å². The summed E-state index contributed by atoms with van der Waals surface area (Å²) in [7, 11) is 0. The van der Waals surface area contributed by atoms with Crippen molar-refractivity contribution in [1.29, 1.82) is 0 Å². The highest BCUT2D eigenvalue weighted by Gasteiger charge is 2.56. The minimum absolute atomic E-state index is 0.293. The number of ketones is 1. The second kappa shape index (κ2) is 4.94. The Morgan fingerprint density at radius 2 is 2.00 bits per heavy atom. The average Bonchev–Trinajstić information content (AvgIpc) is 2.46. The lowest BCUT2D eigenvalue weighted by molar-refractivity contribution is -0.144. The van der Waals surface area contributed by atoms with Gasteiger partial charge in [0.1, 0.15) is 5.78 Å². The summed E-state index contributed by atoms with van der Waals surface area (Å²) < 4.78 is 0. The number of carbonyl (C=O) groups excluding carboxylic acids is 1. The first-order valence-corrected chi connectivity index (χ1v) is 8.93. The number of Topliss-reactive ketones (excluding diaryl/α,β-unsaturated/α-hetero) is 1. The van der Waals surface area contributed by atoms with Crippen LogP contribution in [0.3, 0.4) is 0 Å². The fraction of sp³-hybridized carbons (Fsp3) is 0.842. The van der Waals surface area contributed by atoms with Crippen LogP contribution in [0.5, 0.6) is 0 Å². The van der Waals surface area contributed by atoms with Crippen molar-refractivity contribution in [3.8, 4) is 0 Å². The first kappa shape index (κ1) is 14.0. The lowest BCUT2D eigenvalue weighted by Crippen LogP contribution is -2.55. The summed E-state index contributed by atoms with van der Waals surface area (Å²) in [6.45, 7) is 4.92. The molecule has 0 aromatic carbocycles. The van der Waals surface area contributed by atoms with Crippen LogP contribution >= 0.6 is 0 Å². The van der Waals surface area contributed by atoms with Crippen molar-refractivity contribution >= 4 is 5.78 Å². The minimum atomic E-state index is 0.293. The second-order valence-corrected chi connectivity index (χ2v) is 8.25. The molecule has 116 valence electrons. The van der Waals surface area contributed by atoms with Gasteiger partial charge in [-0.3, -0.25) is 4.79 Å². The number of rotatable bonds is 1. The first-order chi connectivity index (χ1) is 10.1. The molecule has 2 nitrogen and oxygen atoms in total. The van der Waals surface area contributed by atoms with Gasteiger partial charge in [0, 0.05) is 24.9 Å². The van der Waals surface area contributed by atoms with E-state index in [4.69, 9.17) is 0 Å². The van der Waals surface area contributed by atoms with E-state index in [0.717, 1.165) is 37.5 Å². The molecule has 0 spiro atoms. The highest BCUT2D eigenvalue weighted by atomic mass is 16.3. The molecule has 0 aromatic rings. The maximum Gasteiger partial charge on any atom is 0.136 e. The number of allylic oxidation sites excluding steroid dienone is 1. The fourth-order valence-corrected chi connectivity index (χ4v) is 6.71. The molecule has 3 saturated carbocycles. The monoisotopic (exact) mass is 288 g/mol. The standard InChI is InChI=1S/C19H28O2/c1-10-7-12-8-11(2)16(9-20)14-3-4-15-17(21)6-5-13(10)19(15)18(12)14/h8,10,12-16,18-20H,3-7,9H2,1-2H3/t10-,12-,13+,14-,15+,16+,18+,19+/m0/s1. The second-order valence-electron chi connectivity index (χ2n) is 8.25. The molecule has 0 aliphatic heterocycles. The summed E-state index contributed by atoms with van der Waals surface area (Å²) in [6.07, 6.45) is 7.98. The van der Waals surface area contributed by atoms with E-state index in [0.29, 0.717) is 47.9 Å². The van der Waals surface area contributed by atoms with E-state index in [9.17, 15) is 9.90 Å². The quantitative estimate of drug-likeness (QED) is 0.750. The van der Waals surface area contributed by atoms with Gasteiger partial charge in [-0.25, -0.2) is 0 Å². The van der Waals surface area contributed by atoms with E-state index < -0.39 is 0 Å². The number of hydrogen-bond donors (Lipinski definition) is 1. The Kier molecular flexibility index (Phi) is 3.29. The van der Waals surface area contributed by atoms with E-state index in [1.54, 1.807) is 0 Å². The van der Waals surface area contributed by atoms with Crippen LogP contribution in [0, 0.1) is 47.3 Å². The van der Waals surface area contributed by atoms with Crippen LogP contribution < -0.4 is 0 Å². The zero-order valence-electron chi connectivity index (χ0n) is 13.3. The van der Waals surface area contributed by atoms with Crippen LogP contribution in [-0.2, 0) is 4.79 Å². The van der Waals surface area contributed by atoms with Crippen molar-refractivity contribution in [3.05, 3.63) is 11.6 Å². The molecular formula is C19H28O2. The van der Waals surface area contributed by atoms with E-state index in [-0.39, 0.29) is 0 Å². The molecule has 0 unspecified atom stereocenters. The number of hydrogen-bond acceptors (Lipinski definition) is 2. The summed E-state index contributed by atoms with van der Waals surface area (Å²) in [5.74, 6) is 5.39. The van der Waals surface area contributed by atoms with Gasteiger partial charge in [0.25, 0.3) is 0 Å². The van der Waals surface area contributed by atoms with Crippen LogP contribution in [-0.4, -0.2) is 17.5 Å². The SMILES string of the molecule is CC1=C[C@@H]2C[C@H](C)[C@H]3CCC(=O)[C@H]4CC[C@H]([C@@H]2[C@H]34)[C@@H]1CO. The lowest BCUT2D eigenvalue weighted by atomic mass is 9.45. The van der Waals surface area contributed by atoms with Crippen LogP contribution in [0.4, 0.5) is 0 Å². The molecule has 4 aliphatic carbocycles. The summed E-state index contributed by atoms with van der Waals surface area (Å²) in [5.41, 5.74) is 1.41. The molecule has 0 amide bonds. The first-order valence-electron chi connectivity index (χ1n) is 8.93. The number of aliphatic hydroxyl groups excluding tert-OH is 1. The summed E-state index contributed by atoms with van der Waals surface area (Å²) >= 11 is 0. The van der Waals surface area contributed by atoms with Gasteiger partial charge < -0.3 is 5.11 Å². The predicted octanol–water partition coefficient (Wildman–Crippen LogP) is 3.45. The minimum Gasteiger partial charge on any atom is -0.396 e. The van der Waals surface area contributed by atoms with Gasteiger partial charge in [0.15, 0.2) is 0 Å². The molecule has 0 bridgehead atoms. The third kappa shape index (κ3) is 1.91. The van der Waals surface area contributed by atoms with Crippen molar-refractivity contribution in [2.45, 2.75) is 46.0 Å². The van der Waals surface area contributed by atoms with Gasteiger partial charge in [0.2, 0.25) is 0 Å². The molecule has 8 atom stereocenters. The molecule has 4 aliphatic rings. The third-order valence-electron chi connectivity index (χ3n) is 7.49. The number of carbonyl (C=O) groups is 1. The Balaban J connectivity index is 1.76. The van der Waals surface area contributed by atoms with Gasteiger partial charge in [-0.1, -0.05) is 18.6 Å². The Morgan fingerprint density at radius 3 is 2.76 bits per heavy atom. The van der Waals surface area contributed by atoms with Gasteiger partial charge in [-0.2, -0.15) is 0 Å². The molecule has 2 heteroatoms. The smallest absolute Gasteiger partial charge is 0.136 e. The average molecular weight is 288 g/mol. The molecular weight excluding hydrogens is 260 g/mol. The van der Waals surface area contributed by atoms with E-state index in [1.807, 2.05) is 0 Å². The maximum absolute atomic E-state index is 12.4. The molecule has 21 heavy (non-hydrogen) atoms.